The Kier molecular flexibility index (Phi) is 2.96. The standard InChI is InChI=1S/C8H11ClN6/c1-2-3-15-8(11-12-13-15)6-14-5-7(9)4-10-14/h4-5H,2-3,6H2,1H3. The fraction of sp³-hybridized carbons (Fsp3) is 0.500. The lowest BCUT2D eigenvalue weighted by Crippen LogP contribution is -2.10. The first-order valence-electron chi connectivity index (χ1n) is 4.72. The van der Waals surface area contributed by atoms with Crippen LogP contribution in [0.1, 0.15) is 19.2 Å². The van der Waals surface area contributed by atoms with E-state index in [2.05, 4.69) is 27.5 Å². The molecule has 2 rings (SSSR count). The van der Waals surface area contributed by atoms with E-state index < -0.39 is 0 Å². The van der Waals surface area contributed by atoms with E-state index in [1.165, 1.54) is 0 Å². The summed E-state index contributed by atoms with van der Waals surface area (Å²) in [7, 11) is 0. The quantitative estimate of drug-likeness (QED) is 0.780. The molecule has 15 heavy (non-hydrogen) atoms. The van der Waals surface area contributed by atoms with Crippen LogP contribution < -0.4 is 0 Å². The van der Waals surface area contributed by atoms with Crippen LogP contribution in [0.15, 0.2) is 12.4 Å². The van der Waals surface area contributed by atoms with Gasteiger partial charge in [-0.1, -0.05) is 18.5 Å². The highest BCUT2D eigenvalue weighted by Crippen LogP contribution is 2.06. The first kappa shape index (κ1) is 10.1. The summed E-state index contributed by atoms with van der Waals surface area (Å²) in [4.78, 5) is 0. The Bertz CT molecular complexity index is 434. The zero-order valence-electron chi connectivity index (χ0n) is 8.34. The molecule has 2 aromatic rings. The number of hydrogen-bond acceptors (Lipinski definition) is 4. The second kappa shape index (κ2) is 4.39. The monoisotopic (exact) mass is 226 g/mol. The largest absolute Gasteiger partial charge is 0.263 e. The molecular formula is C8H11ClN6. The van der Waals surface area contributed by atoms with Crippen LogP contribution in [-0.2, 0) is 13.1 Å². The Morgan fingerprint density at radius 1 is 1.47 bits per heavy atom. The van der Waals surface area contributed by atoms with Gasteiger partial charge in [0.1, 0.15) is 6.54 Å². The molecule has 0 fully saturated rings. The number of rotatable bonds is 4. The molecule has 0 N–H and O–H groups in total. The van der Waals surface area contributed by atoms with Crippen LogP contribution in [-0.4, -0.2) is 30.0 Å². The van der Waals surface area contributed by atoms with Crippen LogP contribution in [0.4, 0.5) is 0 Å². The van der Waals surface area contributed by atoms with Crippen LogP contribution in [0, 0.1) is 0 Å². The maximum absolute atomic E-state index is 5.76. The summed E-state index contributed by atoms with van der Waals surface area (Å²) in [6.07, 6.45) is 4.33. The van der Waals surface area contributed by atoms with E-state index >= 15 is 0 Å². The van der Waals surface area contributed by atoms with Crippen molar-refractivity contribution in [2.45, 2.75) is 26.4 Å². The Morgan fingerprint density at radius 3 is 3.00 bits per heavy atom. The number of nitrogens with zero attached hydrogens (tertiary/aromatic N) is 6. The molecule has 0 aliphatic heterocycles. The Hall–Kier alpha value is -1.43. The van der Waals surface area contributed by atoms with Crippen molar-refractivity contribution in [1.82, 2.24) is 30.0 Å². The van der Waals surface area contributed by atoms with E-state index in [9.17, 15) is 0 Å². The van der Waals surface area contributed by atoms with Crippen LogP contribution >= 0.6 is 11.6 Å². The molecule has 0 aliphatic rings. The molecule has 0 aromatic carbocycles. The van der Waals surface area contributed by atoms with Crippen molar-refractivity contribution in [2.75, 3.05) is 0 Å². The van der Waals surface area contributed by atoms with Gasteiger partial charge >= 0.3 is 0 Å². The van der Waals surface area contributed by atoms with E-state index in [1.54, 1.807) is 21.8 Å². The predicted molar refractivity (Wildman–Crippen MR) is 54.4 cm³/mol. The maximum atomic E-state index is 5.76. The minimum Gasteiger partial charge on any atom is -0.263 e. The fourth-order valence-electron chi connectivity index (χ4n) is 1.29. The van der Waals surface area contributed by atoms with Crippen molar-refractivity contribution in [3.05, 3.63) is 23.2 Å². The minimum atomic E-state index is 0.541. The molecule has 2 heterocycles. The van der Waals surface area contributed by atoms with Crippen molar-refractivity contribution in [2.24, 2.45) is 0 Å². The number of hydrogen-bond donors (Lipinski definition) is 0. The van der Waals surface area contributed by atoms with Gasteiger partial charge in [0, 0.05) is 12.7 Å². The van der Waals surface area contributed by atoms with Gasteiger partial charge in [-0.05, 0) is 16.8 Å². The average Bonchev–Trinajstić information content (AvgIpc) is 2.78. The molecule has 0 bridgehead atoms. The van der Waals surface area contributed by atoms with Gasteiger partial charge in [0.15, 0.2) is 5.82 Å². The summed E-state index contributed by atoms with van der Waals surface area (Å²) in [5.74, 6) is 0.789. The normalized spacial score (nSPS) is 10.8. The molecule has 0 amide bonds. The maximum Gasteiger partial charge on any atom is 0.172 e. The summed E-state index contributed by atoms with van der Waals surface area (Å²) in [6, 6.07) is 0. The molecule has 80 valence electrons. The first-order chi connectivity index (χ1) is 7.29. The Morgan fingerprint density at radius 2 is 2.33 bits per heavy atom. The highest BCUT2D eigenvalue weighted by Gasteiger charge is 2.06. The molecule has 0 unspecified atom stereocenters. The molecule has 0 spiro atoms. The van der Waals surface area contributed by atoms with Gasteiger partial charge in [0.25, 0.3) is 0 Å². The number of aryl methyl sites for hydroxylation is 1. The second-order valence-electron chi connectivity index (χ2n) is 3.17. The highest BCUT2D eigenvalue weighted by molar-refractivity contribution is 6.30. The lowest BCUT2D eigenvalue weighted by Gasteiger charge is -2.02. The number of halogens is 1. The smallest absolute Gasteiger partial charge is 0.172 e. The molecule has 0 radical (unpaired) electrons. The van der Waals surface area contributed by atoms with Gasteiger partial charge in [-0.2, -0.15) is 5.10 Å². The molecule has 0 saturated carbocycles. The fourth-order valence-corrected chi connectivity index (χ4v) is 1.45. The number of aromatic nitrogens is 6. The van der Waals surface area contributed by atoms with Gasteiger partial charge in [0.2, 0.25) is 0 Å². The zero-order chi connectivity index (χ0) is 10.7. The van der Waals surface area contributed by atoms with Crippen LogP contribution in [0.25, 0.3) is 0 Å². The number of tetrazole rings is 1. The van der Waals surface area contributed by atoms with Crippen molar-refractivity contribution in [3.8, 4) is 0 Å². The van der Waals surface area contributed by atoms with E-state index in [4.69, 9.17) is 11.6 Å². The third kappa shape index (κ3) is 2.33. The van der Waals surface area contributed by atoms with E-state index in [1.807, 2.05) is 0 Å². The van der Waals surface area contributed by atoms with E-state index in [0.29, 0.717) is 11.6 Å². The van der Waals surface area contributed by atoms with Crippen molar-refractivity contribution in [3.63, 3.8) is 0 Å². The highest BCUT2D eigenvalue weighted by atomic mass is 35.5. The average molecular weight is 227 g/mol. The topological polar surface area (TPSA) is 61.4 Å². The first-order valence-corrected chi connectivity index (χ1v) is 5.10. The molecule has 0 atom stereocenters. The Balaban J connectivity index is 2.13. The van der Waals surface area contributed by atoms with Gasteiger partial charge in [-0.15, -0.1) is 5.10 Å². The van der Waals surface area contributed by atoms with Crippen LogP contribution in [0.3, 0.4) is 0 Å². The molecule has 0 aliphatic carbocycles. The van der Waals surface area contributed by atoms with Crippen molar-refractivity contribution in [1.29, 1.82) is 0 Å². The summed E-state index contributed by atoms with van der Waals surface area (Å²) in [6.45, 7) is 3.44. The Labute approximate surface area is 91.8 Å². The lowest BCUT2D eigenvalue weighted by atomic mass is 10.5. The van der Waals surface area contributed by atoms with E-state index in [0.717, 1.165) is 18.8 Å². The molecular weight excluding hydrogens is 216 g/mol. The van der Waals surface area contributed by atoms with Gasteiger partial charge in [-0.3, -0.25) is 4.68 Å². The SMILES string of the molecule is CCCn1nnnc1Cn1cc(Cl)cn1. The van der Waals surface area contributed by atoms with Crippen LogP contribution in [0.2, 0.25) is 5.02 Å². The summed E-state index contributed by atoms with van der Waals surface area (Å²) in [5, 5.41) is 16.1. The minimum absolute atomic E-state index is 0.541. The summed E-state index contributed by atoms with van der Waals surface area (Å²) in [5.41, 5.74) is 0. The van der Waals surface area contributed by atoms with Crippen molar-refractivity contribution >= 4 is 11.6 Å². The summed E-state index contributed by atoms with van der Waals surface area (Å²) < 4.78 is 3.48. The molecule has 0 saturated heterocycles. The van der Waals surface area contributed by atoms with Crippen LogP contribution in [0.5, 0.6) is 0 Å². The van der Waals surface area contributed by atoms with E-state index in [-0.39, 0.29) is 0 Å². The predicted octanol–water partition coefficient (Wildman–Crippen LogP) is 0.981. The van der Waals surface area contributed by atoms with Gasteiger partial charge in [0.05, 0.1) is 11.2 Å². The van der Waals surface area contributed by atoms with Crippen molar-refractivity contribution < 1.29 is 0 Å². The van der Waals surface area contributed by atoms with Gasteiger partial charge in [-0.25, -0.2) is 4.68 Å². The second-order valence-corrected chi connectivity index (χ2v) is 3.61. The third-order valence-electron chi connectivity index (χ3n) is 1.95. The van der Waals surface area contributed by atoms with Gasteiger partial charge < -0.3 is 0 Å². The third-order valence-corrected chi connectivity index (χ3v) is 2.14. The molecule has 7 heteroatoms. The zero-order valence-corrected chi connectivity index (χ0v) is 9.09. The molecule has 2 aromatic heterocycles. The molecule has 6 nitrogen and oxygen atoms in total. The lowest BCUT2D eigenvalue weighted by molar-refractivity contribution is 0.532. The summed E-state index contributed by atoms with van der Waals surface area (Å²) >= 11 is 5.76.